The molecule has 2 atom stereocenters. The number of carbonyl (C=O) groups excluding carboxylic acids is 1. The summed E-state index contributed by atoms with van der Waals surface area (Å²) in [6, 6.07) is 6.36. The molecule has 19 heavy (non-hydrogen) atoms. The average Bonchev–Trinajstić information content (AvgIpc) is 2.45. The van der Waals surface area contributed by atoms with E-state index in [1.165, 1.54) is 32.4 Å². The van der Waals surface area contributed by atoms with E-state index in [0.717, 1.165) is 0 Å². The molecule has 0 amide bonds. The topological polar surface area (TPSA) is 99.8 Å². The Balaban J connectivity index is 2.91. The van der Waals surface area contributed by atoms with Crippen molar-refractivity contribution < 1.29 is 24.5 Å². The fourth-order valence-electron chi connectivity index (χ4n) is 1.58. The number of hydrogen-bond acceptors (Lipinski definition) is 6. The number of hydrogen-bond donors (Lipinski definition) is 2. The number of aliphatic hydroxyl groups is 2. The number of esters is 1. The molecule has 2 N–H and O–H groups in total. The molecule has 0 saturated carbocycles. The fourth-order valence-corrected chi connectivity index (χ4v) is 1.58. The van der Waals surface area contributed by atoms with Gasteiger partial charge < -0.3 is 19.7 Å². The maximum Gasteiger partial charge on any atom is 0.308 e. The number of nitriles is 1. The van der Waals surface area contributed by atoms with Gasteiger partial charge in [-0.15, -0.1) is 0 Å². The first-order valence-electron chi connectivity index (χ1n) is 5.54. The van der Waals surface area contributed by atoms with Crippen LogP contribution in [0.25, 0.3) is 0 Å². The first-order valence-corrected chi connectivity index (χ1v) is 5.54. The van der Waals surface area contributed by atoms with Crippen LogP contribution in [0, 0.1) is 11.3 Å². The SMILES string of the molecule is COC(=O)CC(O)C(O)c1ccc(OC)c(C#N)c1. The number of ether oxygens (including phenoxy) is 2. The highest BCUT2D eigenvalue weighted by Gasteiger charge is 2.22. The lowest BCUT2D eigenvalue weighted by Gasteiger charge is -2.17. The van der Waals surface area contributed by atoms with Gasteiger partial charge in [-0.05, 0) is 17.7 Å². The van der Waals surface area contributed by atoms with E-state index in [2.05, 4.69) is 4.74 Å². The molecular weight excluding hydrogens is 250 g/mol. The second-order valence-electron chi connectivity index (χ2n) is 3.86. The highest BCUT2D eigenvalue weighted by molar-refractivity contribution is 5.69. The van der Waals surface area contributed by atoms with Crippen molar-refractivity contribution in [3.8, 4) is 11.8 Å². The zero-order valence-electron chi connectivity index (χ0n) is 10.7. The predicted octanol–water partition coefficient (Wildman–Crippen LogP) is 0.524. The fraction of sp³-hybridized carbons (Fsp3) is 0.385. The summed E-state index contributed by atoms with van der Waals surface area (Å²) in [4.78, 5) is 11.0. The van der Waals surface area contributed by atoms with Gasteiger partial charge in [0.2, 0.25) is 0 Å². The van der Waals surface area contributed by atoms with Crippen LogP contribution in [0.15, 0.2) is 18.2 Å². The summed E-state index contributed by atoms with van der Waals surface area (Å²) < 4.78 is 9.38. The lowest BCUT2D eigenvalue weighted by Crippen LogP contribution is -2.22. The van der Waals surface area contributed by atoms with Crippen LogP contribution in [0.3, 0.4) is 0 Å². The van der Waals surface area contributed by atoms with Crippen molar-refractivity contribution >= 4 is 5.97 Å². The number of methoxy groups -OCH3 is 2. The van der Waals surface area contributed by atoms with Crippen molar-refractivity contribution in [2.45, 2.75) is 18.6 Å². The number of nitrogens with zero attached hydrogens (tertiary/aromatic N) is 1. The zero-order valence-corrected chi connectivity index (χ0v) is 10.7. The smallest absolute Gasteiger partial charge is 0.308 e. The summed E-state index contributed by atoms with van der Waals surface area (Å²) >= 11 is 0. The van der Waals surface area contributed by atoms with Gasteiger partial charge in [0.05, 0.1) is 32.3 Å². The van der Waals surface area contributed by atoms with Crippen LogP contribution < -0.4 is 4.74 Å². The van der Waals surface area contributed by atoms with Crippen LogP contribution in [0.2, 0.25) is 0 Å². The maximum absolute atomic E-state index is 11.0. The van der Waals surface area contributed by atoms with E-state index in [1.807, 2.05) is 6.07 Å². The maximum atomic E-state index is 11.0. The lowest BCUT2D eigenvalue weighted by atomic mass is 10.00. The highest BCUT2D eigenvalue weighted by atomic mass is 16.5. The Labute approximate surface area is 110 Å². The van der Waals surface area contributed by atoms with Gasteiger partial charge in [-0.25, -0.2) is 0 Å². The minimum absolute atomic E-state index is 0.240. The molecule has 1 aromatic rings. The van der Waals surface area contributed by atoms with E-state index < -0.39 is 18.2 Å². The third-order valence-corrected chi connectivity index (χ3v) is 2.65. The van der Waals surface area contributed by atoms with Crippen molar-refractivity contribution in [3.63, 3.8) is 0 Å². The van der Waals surface area contributed by atoms with E-state index in [1.54, 1.807) is 0 Å². The second-order valence-corrected chi connectivity index (χ2v) is 3.86. The summed E-state index contributed by atoms with van der Waals surface area (Å²) in [6.45, 7) is 0. The molecule has 0 aromatic heterocycles. The summed E-state index contributed by atoms with van der Waals surface area (Å²) in [7, 11) is 2.63. The van der Waals surface area contributed by atoms with E-state index in [0.29, 0.717) is 11.3 Å². The molecule has 0 heterocycles. The summed E-state index contributed by atoms with van der Waals surface area (Å²) in [5, 5.41) is 28.5. The van der Waals surface area contributed by atoms with Gasteiger partial charge in [0.25, 0.3) is 0 Å². The third-order valence-electron chi connectivity index (χ3n) is 2.65. The molecular formula is C13H15NO5. The van der Waals surface area contributed by atoms with Crippen LogP contribution in [0.5, 0.6) is 5.75 Å². The molecule has 6 nitrogen and oxygen atoms in total. The van der Waals surface area contributed by atoms with Crippen LogP contribution in [0.4, 0.5) is 0 Å². The molecule has 0 fully saturated rings. The molecule has 0 spiro atoms. The minimum Gasteiger partial charge on any atom is -0.495 e. The lowest BCUT2D eigenvalue weighted by molar-refractivity contribution is -0.144. The van der Waals surface area contributed by atoms with E-state index in [9.17, 15) is 15.0 Å². The van der Waals surface area contributed by atoms with E-state index in [4.69, 9.17) is 10.00 Å². The Kier molecular flexibility index (Phi) is 5.30. The number of carbonyl (C=O) groups is 1. The molecule has 0 bridgehead atoms. The normalized spacial score (nSPS) is 13.2. The Morgan fingerprint density at radius 3 is 2.63 bits per heavy atom. The van der Waals surface area contributed by atoms with Crippen molar-refractivity contribution in [2.24, 2.45) is 0 Å². The van der Waals surface area contributed by atoms with Gasteiger partial charge in [0.15, 0.2) is 0 Å². The molecule has 102 valence electrons. The first-order chi connectivity index (χ1) is 9.03. The van der Waals surface area contributed by atoms with E-state index >= 15 is 0 Å². The van der Waals surface area contributed by atoms with Crippen molar-refractivity contribution in [1.29, 1.82) is 5.26 Å². The van der Waals surface area contributed by atoms with E-state index in [-0.39, 0.29) is 12.0 Å². The molecule has 1 rings (SSSR count). The molecule has 1 aromatic carbocycles. The van der Waals surface area contributed by atoms with Crippen LogP contribution in [-0.2, 0) is 9.53 Å². The van der Waals surface area contributed by atoms with Crippen LogP contribution in [0.1, 0.15) is 23.7 Å². The monoisotopic (exact) mass is 265 g/mol. The van der Waals surface area contributed by atoms with Gasteiger partial charge in [-0.2, -0.15) is 5.26 Å². The van der Waals surface area contributed by atoms with Gasteiger partial charge >= 0.3 is 5.97 Å². The standard InChI is InChI=1S/C13H15NO5/c1-18-11-4-3-8(5-9(11)7-14)13(17)10(15)6-12(16)19-2/h3-5,10,13,15,17H,6H2,1-2H3. The third kappa shape index (κ3) is 3.68. The Morgan fingerprint density at radius 2 is 2.11 bits per heavy atom. The molecule has 0 aliphatic heterocycles. The van der Waals surface area contributed by atoms with Gasteiger partial charge in [-0.3, -0.25) is 4.79 Å². The molecule has 0 radical (unpaired) electrons. The minimum atomic E-state index is -1.30. The molecule has 0 aliphatic rings. The average molecular weight is 265 g/mol. The number of rotatable bonds is 5. The molecule has 0 aliphatic carbocycles. The molecule has 2 unspecified atom stereocenters. The first kappa shape index (κ1) is 15.0. The summed E-state index contributed by atoms with van der Waals surface area (Å²) in [5.74, 6) is -0.249. The molecule has 6 heteroatoms. The summed E-state index contributed by atoms with van der Waals surface area (Å²) in [6.07, 6.45) is -2.91. The largest absolute Gasteiger partial charge is 0.495 e. The quantitative estimate of drug-likeness (QED) is 0.753. The highest BCUT2D eigenvalue weighted by Crippen LogP contribution is 2.25. The van der Waals surface area contributed by atoms with Crippen LogP contribution >= 0.6 is 0 Å². The van der Waals surface area contributed by atoms with Crippen molar-refractivity contribution in [1.82, 2.24) is 0 Å². The number of aliphatic hydroxyl groups excluding tert-OH is 2. The Bertz CT molecular complexity index is 494. The predicted molar refractivity (Wildman–Crippen MR) is 65.3 cm³/mol. The van der Waals surface area contributed by atoms with Crippen LogP contribution in [-0.4, -0.2) is 36.5 Å². The van der Waals surface area contributed by atoms with Gasteiger partial charge in [0, 0.05) is 0 Å². The van der Waals surface area contributed by atoms with Gasteiger partial charge in [0.1, 0.15) is 17.9 Å². The zero-order chi connectivity index (χ0) is 14.4. The Hall–Kier alpha value is -2.10. The van der Waals surface area contributed by atoms with Crippen molar-refractivity contribution in [2.75, 3.05) is 14.2 Å². The molecule has 0 saturated heterocycles. The second kappa shape index (κ2) is 6.73. The number of benzene rings is 1. The van der Waals surface area contributed by atoms with Crippen molar-refractivity contribution in [3.05, 3.63) is 29.3 Å². The van der Waals surface area contributed by atoms with Gasteiger partial charge in [-0.1, -0.05) is 6.07 Å². The Morgan fingerprint density at radius 1 is 1.42 bits per heavy atom. The summed E-state index contributed by atoms with van der Waals surface area (Å²) in [5.41, 5.74) is 0.568.